The lowest BCUT2D eigenvalue weighted by Crippen LogP contribution is -1.85. The maximum Gasteiger partial charge on any atom is 0.276 e. The van der Waals surface area contributed by atoms with Crippen LogP contribution in [0.2, 0.25) is 0 Å². The van der Waals surface area contributed by atoms with Gasteiger partial charge in [-0.25, -0.2) is 9.97 Å². The first-order valence-electron chi connectivity index (χ1n) is 4.74. The molecule has 0 amide bonds. The average molecular weight is 229 g/mol. The molecule has 0 fully saturated rings. The van der Waals surface area contributed by atoms with Crippen molar-refractivity contribution in [3.05, 3.63) is 24.7 Å². The highest BCUT2D eigenvalue weighted by atomic mass is 16.5. The van der Waals surface area contributed by atoms with Crippen LogP contribution < -0.4 is 5.73 Å². The molecule has 0 radical (unpaired) electrons. The summed E-state index contributed by atoms with van der Waals surface area (Å²) in [6.07, 6.45) is 3.02. The second kappa shape index (κ2) is 3.67. The Kier molecular flexibility index (Phi) is 2.04. The van der Waals surface area contributed by atoms with Crippen LogP contribution in [0.1, 0.15) is 0 Å². The van der Waals surface area contributed by atoms with Crippen LogP contribution in [0, 0.1) is 0 Å². The summed E-state index contributed by atoms with van der Waals surface area (Å²) in [4.78, 5) is 12.0. The Labute approximate surface area is 94.9 Å². The summed E-state index contributed by atoms with van der Waals surface area (Å²) in [7, 11) is 0. The number of anilines is 1. The Morgan fingerprint density at radius 2 is 2.29 bits per heavy atom. The quantitative estimate of drug-likeness (QED) is 0.656. The third-order valence-corrected chi connectivity index (χ3v) is 2.07. The number of aromatic nitrogens is 6. The van der Waals surface area contributed by atoms with Crippen molar-refractivity contribution in [1.29, 1.82) is 0 Å². The third-order valence-electron chi connectivity index (χ3n) is 2.07. The van der Waals surface area contributed by atoms with E-state index in [1.54, 1.807) is 18.3 Å². The molecule has 3 rings (SSSR count). The van der Waals surface area contributed by atoms with Crippen LogP contribution in [0.25, 0.3) is 23.1 Å². The second-order valence-corrected chi connectivity index (χ2v) is 3.22. The second-order valence-electron chi connectivity index (χ2n) is 3.22. The molecule has 0 aliphatic carbocycles. The highest BCUT2D eigenvalue weighted by molar-refractivity contribution is 5.56. The molecular formula is C9H7N7O. The van der Waals surface area contributed by atoms with Gasteiger partial charge < -0.3 is 10.3 Å². The van der Waals surface area contributed by atoms with Gasteiger partial charge in [-0.05, 0) is 6.07 Å². The van der Waals surface area contributed by atoms with Crippen LogP contribution in [-0.4, -0.2) is 30.3 Å². The smallest absolute Gasteiger partial charge is 0.276 e. The fraction of sp³-hybridized carbons (Fsp3) is 0. The summed E-state index contributed by atoms with van der Waals surface area (Å²) >= 11 is 0. The maximum atomic E-state index is 5.48. The topological polar surface area (TPSA) is 119 Å². The van der Waals surface area contributed by atoms with Gasteiger partial charge in [0.05, 0.1) is 0 Å². The number of nitrogens with two attached hydrogens (primary N) is 1. The Balaban J connectivity index is 1.99. The van der Waals surface area contributed by atoms with E-state index in [1.165, 1.54) is 6.33 Å². The van der Waals surface area contributed by atoms with Crippen molar-refractivity contribution in [2.24, 2.45) is 0 Å². The molecule has 0 atom stereocenters. The predicted molar refractivity (Wildman–Crippen MR) is 57.3 cm³/mol. The molecule has 3 N–H and O–H groups in total. The van der Waals surface area contributed by atoms with E-state index in [2.05, 4.69) is 30.3 Å². The molecule has 17 heavy (non-hydrogen) atoms. The van der Waals surface area contributed by atoms with Crippen LogP contribution in [0.4, 0.5) is 5.82 Å². The van der Waals surface area contributed by atoms with E-state index in [9.17, 15) is 0 Å². The van der Waals surface area contributed by atoms with Gasteiger partial charge >= 0.3 is 0 Å². The standard InChI is InChI=1S/C9H7N7O/c10-7-3-6(14-15-7)9-13-8(16-17-9)5-1-2-11-4-12-5/h1-4H,(H3,10,14,15). The zero-order valence-electron chi connectivity index (χ0n) is 8.53. The van der Waals surface area contributed by atoms with Crippen molar-refractivity contribution in [2.75, 3.05) is 5.73 Å². The molecule has 8 nitrogen and oxygen atoms in total. The van der Waals surface area contributed by atoms with Crippen LogP contribution in [0.3, 0.4) is 0 Å². The predicted octanol–water partition coefficient (Wildman–Crippen LogP) is 0.499. The average Bonchev–Trinajstić information content (AvgIpc) is 2.98. The Morgan fingerprint density at radius 3 is 3.00 bits per heavy atom. The van der Waals surface area contributed by atoms with Gasteiger partial charge in [0.25, 0.3) is 5.89 Å². The first kappa shape index (κ1) is 9.46. The maximum absolute atomic E-state index is 5.48. The van der Waals surface area contributed by atoms with Crippen LogP contribution in [0.5, 0.6) is 0 Å². The minimum Gasteiger partial charge on any atom is -0.382 e. The zero-order chi connectivity index (χ0) is 11.7. The normalized spacial score (nSPS) is 10.6. The Bertz CT molecular complexity index is 630. The minimum atomic E-state index is 0.308. The van der Waals surface area contributed by atoms with Crippen molar-refractivity contribution in [1.82, 2.24) is 30.3 Å². The fourth-order valence-corrected chi connectivity index (χ4v) is 1.31. The van der Waals surface area contributed by atoms with E-state index in [1.807, 2.05) is 0 Å². The van der Waals surface area contributed by atoms with E-state index >= 15 is 0 Å². The first-order chi connectivity index (χ1) is 8.33. The number of nitrogens with one attached hydrogen (secondary N) is 1. The van der Waals surface area contributed by atoms with Crippen molar-refractivity contribution >= 4 is 5.82 Å². The molecule has 3 heterocycles. The largest absolute Gasteiger partial charge is 0.382 e. The number of hydrogen-bond acceptors (Lipinski definition) is 7. The summed E-state index contributed by atoms with van der Waals surface area (Å²) < 4.78 is 5.07. The van der Waals surface area contributed by atoms with E-state index in [0.717, 1.165) is 0 Å². The molecular weight excluding hydrogens is 222 g/mol. The molecule has 0 aliphatic heterocycles. The highest BCUT2D eigenvalue weighted by Crippen LogP contribution is 2.19. The lowest BCUT2D eigenvalue weighted by atomic mass is 10.4. The van der Waals surface area contributed by atoms with Crippen LogP contribution in [0.15, 0.2) is 29.2 Å². The molecule has 0 bridgehead atoms. The number of nitrogen functional groups attached to an aromatic ring is 1. The molecule has 0 unspecified atom stereocenters. The summed E-state index contributed by atoms with van der Waals surface area (Å²) in [5.41, 5.74) is 6.63. The van der Waals surface area contributed by atoms with Crippen LogP contribution >= 0.6 is 0 Å². The van der Waals surface area contributed by atoms with Crippen molar-refractivity contribution in [3.8, 4) is 23.1 Å². The van der Waals surface area contributed by atoms with Gasteiger partial charge in [0, 0.05) is 12.3 Å². The van der Waals surface area contributed by atoms with Gasteiger partial charge in [0.2, 0.25) is 5.82 Å². The summed E-state index contributed by atoms with van der Waals surface area (Å²) in [5, 5.41) is 10.3. The van der Waals surface area contributed by atoms with Gasteiger partial charge in [-0.3, -0.25) is 5.10 Å². The Morgan fingerprint density at radius 1 is 1.35 bits per heavy atom. The van der Waals surface area contributed by atoms with Gasteiger partial charge in [0.15, 0.2) is 0 Å². The third kappa shape index (κ3) is 1.71. The highest BCUT2D eigenvalue weighted by Gasteiger charge is 2.12. The monoisotopic (exact) mass is 229 g/mol. The summed E-state index contributed by atoms with van der Waals surface area (Å²) in [6, 6.07) is 3.30. The number of nitrogens with zero attached hydrogens (tertiary/aromatic N) is 5. The lowest BCUT2D eigenvalue weighted by molar-refractivity contribution is 0.430. The molecule has 0 spiro atoms. The number of hydrogen-bond donors (Lipinski definition) is 2. The van der Waals surface area contributed by atoms with Gasteiger partial charge in [-0.1, -0.05) is 5.16 Å². The van der Waals surface area contributed by atoms with Crippen molar-refractivity contribution in [2.45, 2.75) is 0 Å². The number of aromatic amines is 1. The summed E-state index contributed by atoms with van der Waals surface area (Å²) in [5.74, 6) is 1.06. The molecule has 84 valence electrons. The van der Waals surface area contributed by atoms with Gasteiger partial charge in [0.1, 0.15) is 23.5 Å². The molecule has 8 heteroatoms. The minimum absolute atomic E-state index is 0.308. The SMILES string of the molecule is Nc1cc(-c2nc(-c3ccncn3)no2)[nH]n1. The van der Waals surface area contributed by atoms with E-state index in [0.29, 0.717) is 28.9 Å². The molecule has 3 aromatic heterocycles. The fourth-order valence-electron chi connectivity index (χ4n) is 1.31. The number of H-pyrrole nitrogens is 1. The molecule has 0 saturated carbocycles. The van der Waals surface area contributed by atoms with Crippen molar-refractivity contribution < 1.29 is 4.52 Å². The van der Waals surface area contributed by atoms with E-state index in [-0.39, 0.29) is 0 Å². The Hall–Kier alpha value is -2.77. The van der Waals surface area contributed by atoms with Gasteiger partial charge in [-0.15, -0.1) is 0 Å². The van der Waals surface area contributed by atoms with E-state index < -0.39 is 0 Å². The number of rotatable bonds is 2. The van der Waals surface area contributed by atoms with Crippen molar-refractivity contribution in [3.63, 3.8) is 0 Å². The van der Waals surface area contributed by atoms with Crippen LogP contribution in [-0.2, 0) is 0 Å². The molecule has 0 aromatic carbocycles. The lowest BCUT2D eigenvalue weighted by Gasteiger charge is -1.88. The molecule has 0 saturated heterocycles. The van der Waals surface area contributed by atoms with E-state index in [4.69, 9.17) is 10.3 Å². The molecule has 0 aliphatic rings. The zero-order valence-corrected chi connectivity index (χ0v) is 8.53. The first-order valence-corrected chi connectivity index (χ1v) is 4.74. The summed E-state index contributed by atoms with van der Waals surface area (Å²) in [6.45, 7) is 0. The van der Waals surface area contributed by atoms with Gasteiger partial charge in [-0.2, -0.15) is 10.1 Å². The molecule has 3 aromatic rings.